The van der Waals surface area contributed by atoms with Crippen molar-refractivity contribution in [1.82, 2.24) is 5.16 Å². The van der Waals surface area contributed by atoms with Crippen molar-refractivity contribution in [3.05, 3.63) is 17.5 Å². The molecule has 72 valence electrons. The van der Waals surface area contributed by atoms with Crippen LogP contribution < -0.4 is 0 Å². The molecular weight excluding hydrogens is 186 g/mol. The van der Waals surface area contributed by atoms with Crippen molar-refractivity contribution in [2.75, 3.05) is 5.75 Å². The molecule has 3 nitrogen and oxygen atoms in total. The van der Waals surface area contributed by atoms with Crippen molar-refractivity contribution in [3.63, 3.8) is 0 Å². The third-order valence-electron chi connectivity index (χ3n) is 2.34. The lowest BCUT2D eigenvalue weighted by atomic mass is 10.1. The van der Waals surface area contributed by atoms with Crippen molar-refractivity contribution in [2.45, 2.75) is 31.1 Å². The van der Waals surface area contributed by atoms with E-state index in [2.05, 4.69) is 5.16 Å². The maximum Gasteiger partial charge on any atom is 0.143 e. The maximum absolute atomic E-state index is 8.97. The summed E-state index contributed by atoms with van der Waals surface area (Å²) in [6, 6.07) is 0. The summed E-state index contributed by atoms with van der Waals surface area (Å²) in [7, 11) is 0. The topological polar surface area (TPSA) is 46.3 Å². The van der Waals surface area contributed by atoms with Gasteiger partial charge in [0, 0.05) is 17.2 Å². The lowest BCUT2D eigenvalue weighted by Crippen LogP contribution is -2.02. The second-order valence-electron chi connectivity index (χ2n) is 3.27. The van der Waals surface area contributed by atoms with Gasteiger partial charge in [-0.15, -0.1) is 0 Å². The molecule has 4 heteroatoms. The van der Waals surface area contributed by atoms with Gasteiger partial charge in [0.05, 0.1) is 12.8 Å². The first-order valence-corrected chi connectivity index (χ1v) is 5.60. The van der Waals surface area contributed by atoms with Crippen LogP contribution in [0.4, 0.5) is 0 Å². The number of aliphatic hydroxyl groups is 1. The van der Waals surface area contributed by atoms with E-state index in [4.69, 9.17) is 9.63 Å². The van der Waals surface area contributed by atoms with Gasteiger partial charge in [0.15, 0.2) is 0 Å². The van der Waals surface area contributed by atoms with E-state index in [0.717, 1.165) is 17.7 Å². The summed E-state index contributed by atoms with van der Waals surface area (Å²) in [6.45, 7) is 0.0379. The fourth-order valence-electron chi connectivity index (χ4n) is 1.59. The molecule has 0 amide bonds. The molecule has 0 saturated carbocycles. The SMILES string of the molecule is OCc1cnoc1CC1CCCS1. The maximum atomic E-state index is 8.97. The number of aromatic nitrogens is 1. The minimum Gasteiger partial charge on any atom is -0.391 e. The normalized spacial score (nSPS) is 22.4. The number of thioether (sulfide) groups is 1. The molecule has 0 bridgehead atoms. The minimum absolute atomic E-state index is 0.0379. The second kappa shape index (κ2) is 4.15. The lowest BCUT2D eigenvalue weighted by Gasteiger charge is -2.05. The van der Waals surface area contributed by atoms with Crippen LogP contribution in [0, 0.1) is 0 Å². The van der Waals surface area contributed by atoms with E-state index in [-0.39, 0.29) is 6.61 Å². The van der Waals surface area contributed by atoms with Crippen molar-refractivity contribution in [2.24, 2.45) is 0 Å². The molecule has 1 aromatic rings. The minimum atomic E-state index is 0.0379. The van der Waals surface area contributed by atoms with Crippen LogP contribution in [0.15, 0.2) is 10.7 Å². The zero-order valence-corrected chi connectivity index (χ0v) is 8.22. The Kier molecular flexibility index (Phi) is 2.90. The highest BCUT2D eigenvalue weighted by atomic mass is 32.2. The highest BCUT2D eigenvalue weighted by Gasteiger charge is 2.19. The van der Waals surface area contributed by atoms with E-state index < -0.39 is 0 Å². The van der Waals surface area contributed by atoms with Crippen LogP contribution in [0.5, 0.6) is 0 Å². The molecule has 1 aliphatic rings. The predicted octanol–water partition coefficient (Wildman–Crippen LogP) is 1.60. The summed E-state index contributed by atoms with van der Waals surface area (Å²) in [5, 5.41) is 13.3. The monoisotopic (exact) mass is 199 g/mol. The first-order valence-electron chi connectivity index (χ1n) is 4.55. The van der Waals surface area contributed by atoms with Gasteiger partial charge in [0.25, 0.3) is 0 Å². The summed E-state index contributed by atoms with van der Waals surface area (Å²) >= 11 is 1.99. The average Bonchev–Trinajstić information content (AvgIpc) is 2.76. The van der Waals surface area contributed by atoms with Crippen LogP contribution in [-0.2, 0) is 13.0 Å². The quantitative estimate of drug-likeness (QED) is 0.803. The molecular formula is C9H13NO2S. The van der Waals surface area contributed by atoms with Crippen LogP contribution in [0.25, 0.3) is 0 Å². The highest BCUT2D eigenvalue weighted by molar-refractivity contribution is 8.00. The zero-order valence-electron chi connectivity index (χ0n) is 7.40. The first-order chi connectivity index (χ1) is 6.40. The number of aliphatic hydroxyl groups excluding tert-OH is 1. The molecule has 0 aromatic carbocycles. The van der Waals surface area contributed by atoms with Crippen LogP contribution in [0.3, 0.4) is 0 Å². The molecule has 0 radical (unpaired) electrons. The second-order valence-corrected chi connectivity index (χ2v) is 4.68. The Morgan fingerprint density at radius 1 is 1.69 bits per heavy atom. The summed E-state index contributed by atoms with van der Waals surface area (Å²) in [5.41, 5.74) is 0.840. The van der Waals surface area contributed by atoms with E-state index in [1.54, 1.807) is 6.20 Å². The van der Waals surface area contributed by atoms with Crippen molar-refractivity contribution in [1.29, 1.82) is 0 Å². The van der Waals surface area contributed by atoms with Crippen LogP contribution in [-0.4, -0.2) is 21.3 Å². The van der Waals surface area contributed by atoms with Crippen LogP contribution in [0.1, 0.15) is 24.2 Å². The van der Waals surface area contributed by atoms with E-state index in [1.807, 2.05) is 11.8 Å². The Labute approximate surface area is 81.5 Å². The van der Waals surface area contributed by atoms with Gasteiger partial charge >= 0.3 is 0 Å². The summed E-state index contributed by atoms with van der Waals surface area (Å²) < 4.78 is 5.09. The summed E-state index contributed by atoms with van der Waals surface area (Å²) in [5.74, 6) is 2.12. The number of hydrogen-bond donors (Lipinski definition) is 1. The summed E-state index contributed by atoms with van der Waals surface area (Å²) in [6.07, 6.45) is 5.09. The van der Waals surface area contributed by atoms with E-state index in [0.29, 0.717) is 5.25 Å². The Hall–Kier alpha value is -0.480. The van der Waals surface area contributed by atoms with Gasteiger partial charge in [0.2, 0.25) is 0 Å². The number of rotatable bonds is 3. The van der Waals surface area contributed by atoms with Gasteiger partial charge in [-0.05, 0) is 18.6 Å². The molecule has 2 heterocycles. The molecule has 1 N–H and O–H groups in total. The van der Waals surface area contributed by atoms with Gasteiger partial charge in [-0.3, -0.25) is 0 Å². The van der Waals surface area contributed by atoms with Crippen molar-refractivity contribution in [3.8, 4) is 0 Å². The van der Waals surface area contributed by atoms with Crippen LogP contribution in [0.2, 0.25) is 0 Å². The van der Waals surface area contributed by atoms with Crippen LogP contribution >= 0.6 is 11.8 Å². The number of hydrogen-bond acceptors (Lipinski definition) is 4. The zero-order chi connectivity index (χ0) is 9.10. The molecule has 2 rings (SSSR count). The largest absolute Gasteiger partial charge is 0.391 e. The van der Waals surface area contributed by atoms with Crippen molar-refractivity contribution >= 4 is 11.8 Å². The molecule has 1 atom stereocenters. The Morgan fingerprint density at radius 2 is 2.62 bits per heavy atom. The molecule has 0 aliphatic carbocycles. The molecule has 1 aromatic heterocycles. The Bertz CT molecular complexity index is 268. The van der Waals surface area contributed by atoms with Crippen molar-refractivity contribution < 1.29 is 9.63 Å². The molecule has 1 aliphatic heterocycles. The fourth-order valence-corrected chi connectivity index (χ4v) is 2.86. The smallest absolute Gasteiger partial charge is 0.143 e. The first kappa shape index (κ1) is 9.09. The molecule has 13 heavy (non-hydrogen) atoms. The fraction of sp³-hybridized carbons (Fsp3) is 0.667. The van der Waals surface area contributed by atoms with E-state index >= 15 is 0 Å². The van der Waals surface area contributed by atoms with Gasteiger partial charge in [-0.2, -0.15) is 11.8 Å². The van der Waals surface area contributed by atoms with Gasteiger partial charge in [-0.1, -0.05) is 5.16 Å². The third kappa shape index (κ3) is 2.06. The van der Waals surface area contributed by atoms with E-state index in [1.165, 1.54) is 18.6 Å². The number of nitrogens with zero attached hydrogens (tertiary/aromatic N) is 1. The summed E-state index contributed by atoms with van der Waals surface area (Å²) in [4.78, 5) is 0. The predicted molar refractivity (Wildman–Crippen MR) is 51.6 cm³/mol. The molecule has 0 spiro atoms. The average molecular weight is 199 g/mol. The standard InChI is InChI=1S/C9H13NO2S/c11-6-7-5-10-12-9(7)4-8-2-1-3-13-8/h5,8,11H,1-4,6H2. The van der Waals surface area contributed by atoms with Gasteiger partial charge in [-0.25, -0.2) is 0 Å². The highest BCUT2D eigenvalue weighted by Crippen LogP contribution is 2.29. The van der Waals surface area contributed by atoms with Gasteiger partial charge in [0.1, 0.15) is 5.76 Å². The Balaban J connectivity index is 1.99. The third-order valence-corrected chi connectivity index (χ3v) is 3.74. The van der Waals surface area contributed by atoms with E-state index in [9.17, 15) is 0 Å². The molecule has 1 fully saturated rings. The molecule has 1 saturated heterocycles. The van der Waals surface area contributed by atoms with Gasteiger partial charge < -0.3 is 9.63 Å². The Morgan fingerprint density at radius 3 is 3.31 bits per heavy atom. The molecule has 1 unspecified atom stereocenters. The lowest BCUT2D eigenvalue weighted by molar-refractivity contribution is 0.277.